The molecule has 108 valence electrons. The van der Waals surface area contributed by atoms with E-state index in [9.17, 15) is 4.39 Å². The van der Waals surface area contributed by atoms with Gasteiger partial charge in [-0.25, -0.2) is 9.37 Å². The number of rotatable bonds is 2. The van der Waals surface area contributed by atoms with Crippen molar-refractivity contribution in [1.29, 1.82) is 0 Å². The molecule has 3 rings (SSSR count). The first-order valence-corrected chi connectivity index (χ1v) is 7.79. The summed E-state index contributed by atoms with van der Waals surface area (Å²) in [5.41, 5.74) is 3.55. The van der Waals surface area contributed by atoms with Gasteiger partial charge in [0, 0.05) is 4.47 Å². The second-order valence-electron chi connectivity index (χ2n) is 4.99. The van der Waals surface area contributed by atoms with Crippen molar-refractivity contribution in [1.82, 2.24) is 9.55 Å². The maximum atomic E-state index is 13.4. The number of alkyl halides is 1. The maximum absolute atomic E-state index is 13.4. The lowest BCUT2D eigenvalue weighted by molar-refractivity contribution is 0.626. The van der Waals surface area contributed by atoms with Gasteiger partial charge in [-0.2, -0.15) is 0 Å². The number of nitrogens with zero attached hydrogens (tertiary/aromatic N) is 2. The molecule has 0 aliphatic rings. The topological polar surface area (TPSA) is 17.8 Å². The molecule has 1 unspecified atom stereocenters. The highest BCUT2D eigenvalue weighted by Gasteiger charge is 2.17. The molecular weight excluding hydrogens is 355 g/mol. The Hall–Kier alpha value is -1.39. The molecule has 0 saturated carbocycles. The number of hydrogen-bond donors (Lipinski definition) is 0. The average Bonchev–Trinajstić information content (AvgIpc) is 2.77. The standard InChI is InChI=1S/C16H13BrClFN2/c1-9-7-12(19)4-6-14(9)21-15-5-3-11(17)8-13(15)20-16(21)10(2)18/h3-8,10H,1-2H3. The molecular formula is C16H13BrClFN2. The quantitative estimate of drug-likeness (QED) is 0.544. The van der Waals surface area contributed by atoms with Crippen LogP contribution < -0.4 is 0 Å². The van der Waals surface area contributed by atoms with E-state index in [1.54, 1.807) is 6.07 Å². The first-order valence-electron chi connectivity index (χ1n) is 6.56. The van der Waals surface area contributed by atoms with Gasteiger partial charge < -0.3 is 0 Å². The Morgan fingerprint density at radius 3 is 2.67 bits per heavy atom. The third kappa shape index (κ3) is 2.58. The normalized spacial score (nSPS) is 12.8. The van der Waals surface area contributed by atoms with Gasteiger partial charge >= 0.3 is 0 Å². The number of aromatic nitrogens is 2. The maximum Gasteiger partial charge on any atom is 0.132 e. The van der Waals surface area contributed by atoms with Crippen LogP contribution in [-0.4, -0.2) is 9.55 Å². The first-order chi connectivity index (χ1) is 9.97. The average molecular weight is 368 g/mol. The summed E-state index contributed by atoms with van der Waals surface area (Å²) in [6.07, 6.45) is 0. The molecule has 2 aromatic carbocycles. The SMILES string of the molecule is Cc1cc(F)ccc1-n1c(C(C)Cl)nc2cc(Br)ccc21. The summed E-state index contributed by atoms with van der Waals surface area (Å²) in [6, 6.07) is 10.6. The van der Waals surface area contributed by atoms with Gasteiger partial charge in [0.15, 0.2) is 0 Å². The van der Waals surface area contributed by atoms with E-state index >= 15 is 0 Å². The second-order valence-corrected chi connectivity index (χ2v) is 6.56. The molecule has 5 heteroatoms. The summed E-state index contributed by atoms with van der Waals surface area (Å²) >= 11 is 9.74. The highest BCUT2D eigenvalue weighted by Crippen LogP contribution is 2.31. The van der Waals surface area contributed by atoms with Gasteiger partial charge in [0.25, 0.3) is 0 Å². The van der Waals surface area contributed by atoms with Crippen molar-refractivity contribution in [3.63, 3.8) is 0 Å². The summed E-state index contributed by atoms with van der Waals surface area (Å²) in [6.45, 7) is 3.76. The van der Waals surface area contributed by atoms with Crippen LogP contribution in [0.25, 0.3) is 16.7 Å². The van der Waals surface area contributed by atoms with E-state index in [1.165, 1.54) is 12.1 Å². The molecule has 21 heavy (non-hydrogen) atoms. The van der Waals surface area contributed by atoms with Crippen molar-refractivity contribution in [2.45, 2.75) is 19.2 Å². The highest BCUT2D eigenvalue weighted by atomic mass is 79.9. The minimum absolute atomic E-state index is 0.246. The van der Waals surface area contributed by atoms with E-state index in [1.807, 2.05) is 36.6 Å². The minimum Gasteiger partial charge on any atom is -0.295 e. The van der Waals surface area contributed by atoms with Gasteiger partial charge in [-0.05, 0) is 55.8 Å². The number of hydrogen-bond acceptors (Lipinski definition) is 1. The molecule has 0 aliphatic heterocycles. The Labute approximate surface area is 135 Å². The monoisotopic (exact) mass is 366 g/mol. The van der Waals surface area contributed by atoms with Crippen LogP contribution in [0.5, 0.6) is 0 Å². The van der Waals surface area contributed by atoms with Gasteiger partial charge in [-0.15, -0.1) is 11.6 Å². The van der Waals surface area contributed by atoms with E-state index in [0.29, 0.717) is 0 Å². The van der Waals surface area contributed by atoms with E-state index in [4.69, 9.17) is 11.6 Å². The number of benzene rings is 2. The van der Waals surface area contributed by atoms with Crippen LogP contribution in [-0.2, 0) is 0 Å². The molecule has 0 spiro atoms. The van der Waals surface area contributed by atoms with Crippen molar-refractivity contribution < 1.29 is 4.39 Å². The fraction of sp³-hybridized carbons (Fsp3) is 0.188. The van der Waals surface area contributed by atoms with E-state index in [-0.39, 0.29) is 11.2 Å². The number of halogens is 3. The second kappa shape index (κ2) is 5.43. The molecule has 0 fully saturated rings. The lowest BCUT2D eigenvalue weighted by atomic mass is 10.2. The summed E-state index contributed by atoms with van der Waals surface area (Å²) in [7, 11) is 0. The molecule has 0 aliphatic carbocycles. The zero-order valence-corrected chi connectivity index (χ0v) is 13.9. The van der Waals surface area contributed by atoms with Crippen molar-refractivity contribution >= 4 is 38.6 Å². The first kappa shape index (κ1) is 14.5. The highest BCUT2D eigenvalue weighted by molar-refractivity contribution is 9.10. The minimum atomic E-state index is -0.249. The van der Waals surface area contributed by atoms with Gasteiger partial charge in [0.05, 0.1) is 22.1 Å². The summed E-state index contributed by atoms with van der Waals surface area (Å²) < 4.78 is 16.3. The van der Waals surface area contributed by atoms with Crippen LogP contribution in [0.15, 0.2) is 40.9 Å². The molecule has 1 heterocycles. The summed E-state index contributed by atoms with van der Waals surface area (Å²) in [4.78, 5) is 4.62. The Morgan fingerprint density at radius 2 is 2.00 bits per heavy atom. The van der Waals surface area contributed by atoms with Crippen molar-refractivity contribution in [2.24, 2.45) is 0 Å². The Morgan fingerprint density at radius 1 is 1.24 bits per heavy atom. The summed E-state index contributed by atoms with van der Waals surface area (Å²) in [5.74, 6) is 0.503. The lowest BCUT2D eigenvalue weighted by Gasteiger charge is -2.13. The lowest BCUT2D eigenvalue weighted by Crippen LogP contribution is -2.04. The molecule has 2 nitrogen and oxygen atoms in total. The van der Waals surface area contributed by atoms with E-state index in [2.05, 4.69) is 20.9 Å². The van der Waals surface area contributed by atoms with E-state index in [0.717, 1.165) is 32.6 Å². The van der Waals surface area contributed by atoms with Crippen molar-refractivity contribution in [2.75, 3.05) is 0 Å². The van der Waals surface area contributed by atoms with Gasteiger partial charge in [0.1, 0.15) is 11.6 Å². The number of imidazole rings is 1. The van der Waals surface area contributed by atoms with Crippen molar-refractivity contribution in [3.8, 4) is 5.69 Å². The fourth-order valence-corrected chi connectivity index (χ4v) is 2.96. The smallest absolute Gasteiger partial charge is 0.132 e. The van der Waals surface area contributed by atoms with Crippen LogP contribution >= 0.6 is 27.5 Å². The van der Waals surface area contributed by atoms with Gasteiger partial charge in [0.2, 0.25) is 0 Å². The Bertz CT molecular complexity index is 827. The fourth-order valence-electron chi connectivity index (χ4n) is 2.46. The molecule has 1 atom stereocenters. The number of fused-ring (bicyclic) bond motifs is 1. The Balaban J connectivity index is 2.36. The molecule has 0 saturated heterocycles. The third-order valence-corrected chi connectivity index (χ3v) is 4.09. The van der Waals surface area contributed by atoms with E-state index < -0.39 is 0 Å². The molecule has 0 N–H and O–H groups in total. The predicted molar refractivity (Wildman–Crippen MR) is 87.7 cm³/mol. The number of aryl methyl sites for hydroxylation is 1. The zero-order chi connectivity index (χ0) is 15.1. The molecule has 3 aromatic rings. The van der Waals surface area contributed by atoms with Gasteiger partial charge in [-0.3, -0.25) is 4.57 Å². The molecule has 0 bridgehead atoms. The molecule has 0 amide bonds. The van der Waals surface area contributed by atoms with Crippen molar-refractivity contribution in [3.05, 3.63) is 58.1 Å². The van der Waals surface area contributed by atoms with Crippen LogP contribution in [0.1, 0.15) is 23.7 Å². The summed E-state index contributed by atoms with van der Waals surface area (Å²) in [5, 5.41) is -0.249. The van der Waals surface area contributed by atoms with Crippen LogP contribution in [0.4, 0.5) is 4.39 Å². The Kier molecular flexibility index (Phi) is 3.76. The third-order valence-electron chi connectivity index (χ3n) is 3.40. The van der Waals surface area contributed by atoms with Crippen LogP contribution in [0.3, 0.4) is 0 Å². The van der Waals surface area contributed by atoms with Crippen LogP contribution in [0.2, 0.25) is 0 Å². The van der Waals surface area contributed by atoms with Crippen LogP contribution in [0, 0.1) is 12.7 Å². The predicted octanol–water partition coefficient (Wildman–Crippen LogP) is 5.54. The molecule has 0 radical (unpaired) electrons. The van der Waals surface area contributed by atoms with Gasteiger partial charge in [-0.1, -0.05) is 15.9 Å². The zero-order valence-electron chi connectivity index (χ0n) is 11.6. The molecule has 1 aromatic heterocycles. The largest absolute Gasteiger partial charge is 0.295 e.